The molecule has 0 radical (unpaired) electrons. The van der Waals surface area contributed by atoms with Crippen LogP contribution in [0.25, 0.3) is 10.1 Å². The molecule has 0 bridgehead atoms. The molecule has 0 spiro atoms. The molecule has 1 N–H and O–H groups in total. The molecular formula is C15H11ClN2O2S2. The number of methoxy groups -OCH3 is 1. The van der Waals surface area contributed by atoms with E-state index in [0.717, 1.165) is 20.7 Å². The van der Waals surface area contributed by atoms with Gasteiger partial charge in [0.25, 0.3) is 5.91 Å². The standard InChI is InChI=1S/C15H11ClN2O2S2/c1-20-9-4-5-11-12(7-9)22-14(13(11)16)15(19)18-17-8-10-3-2-6-21-10/h2-8H,1H3,(H,18,19). The van der Waals surface area contributed by atoms with Gasteiger partial charge in [-0.05, 0) is 29.6 Å². The van der Waals surface area contributed by atoms with Crippen molar-refractivity contribution >= 4 is 56.5 Å². The van der Waals surface area contributed by atoms with Gasteiger partial charge in [-0.3, -0.25) is 4.79 Å². The van der Waals surface area contributed by atoms with Crippen LogP contribution < -0.4 is 10.2 Å². The average Bonchev–Trinajstić information content (AvgIpc) is 3.15. The van der Waals surface area contributed by atoms with Crippen molar-refractivity contribution in [1.29, 1.82) is 0 Å². The predicted molar refractivity (Wildman–Crippen MR) is 92.8 cm³/mol. The van der Waals surface area contributed by atoms with Crippen molar-refractivity contribution in [3.63, 3.8) is 0 Å². The van der Waals surface area contributed by atoms with E-state index in [-0.39, 0.29) is 5.91 Å². The minimum atomic E-state index is -0.321. The highest BCUT2D eigenvalue weighted by atomic mass is 35.5. The molecule has 0 aliphatic carbocycles. The predicted octanol–water partition coefficient (Wildman–Crippen LogP) is 4.39. The zero-order chi connectivity index (χ0) is 15.5. The number of halogens is 1. The number of thiophene rings is 2. The second-order valence-corrected chi connectivity index (χ2v) is 6.73. The Morgan fingerprint density at radius 3 is 3.00 bits per heavy atom. The van der Waals surface area contributed by atoms with Gasteiger partial charge in [0.2, 0.25) is 0 Å². The fourth-order valence-electron chi connectivity index (χ4n) is 1.89. The van der Waals surface area contributed by atoms with Crippen molar-refractivity contribution in [3.05, 3.63) is 50.5 Å². The Morgan fingerprint density at radius 2 is 2.27 bits per heavy atom. The number of hydrazone groups is 1. The molecule has 2 heterocycles. The lowest BCUT2D eigenvalue weighted by Crippen LogP contribution is -2.16. The molecular weight excluding hydrogens is 340 g/mol. The lowest BCUT2D eigenvalue weighted by Gasteiger charge is -1.98. The number of hydrogen-bond acceptors (Lipinski definition) is 5. The second kappa shape index (κ2) is 6.48. The van der Waals surface area contributed by atoms with Gasteiger partial charge in [0.1, 0.15) is 10.6 Å². The van der Waals surface area contributed by atoms with E-state index in [1.807, 2.05) is 35.7 Å². The summed E-state index contributed by atoms with van der Waals surface area (Å²) in [7, 11) is 1.60. The minimum Gasteiger partial charge on any atom is -0.497 e. The van der Waals surface area contributed by atoms with Crippen LogP contribution >= 0.6 is 34.3 Å². The minimum absolute atomic E-state index is 0.321. The van der Waals surface area contributed by atoms with Gasteiger partial charge in [0.05, 0.1) is 18.3 Å². The first-order valence-corrected chi connectivity index (χ1v) is 8.39. The highest BCUT2D eigenvalue weighted by Gasteiger charge is 2.17. The first kappa shape index (κ1) is 15.0. The van der Waals surface area contributed by atoms with Crippen LogP contribution in [-0.4, -0.2) is 19.2 Å². The normalized spacial score (nSPS) is 11.2. The summed E-state index contributed by atoms with van der Waals surface area (Å²) in [6.45, 7) is 0. The second-order valence-electron chi connectivity index (χ2n) is 4.32. The van der Waals surface area contributed by atoms with Crippen molar-refractivity contribution in [2.75, 3.05) is 7.11 Å². The molecule has 4 nitrogen and oxygen atoms in total. The Balaban J connectivity index is 1.83. The maximum Gasteiger partial charge on any atom is 0.283 e. The fraction of sp³-hybridized carbons (Fsp3) is 0.0667. The van der Waals surface area contributed by atoms with Gasteiger partial charge in [-0.15, -0.1) is 22.7 Å². The van der Waals surface area contributed by atoms with Crippen LogP contribution in [0.4, 0.5) is 0 Å². The number of benzene rings is 1. The molecule has 0 fully saturated rings. The molecule has 0 saturated heterocycles. The van der Waals surface area contributed by atoms with Gasteiger partial charge in [-0.2, -0.15) is 5.10 Å². The van der Waals surface area contributed by atoms with Gasteiger partial charge in [0.15, 0.2) is 0 Å². The van der Waals surface area contributed by atoms with Crippen LogP contribution in [0, 0.1) is 0 Å². The molecule has 3 rings (SSSR count). The summed E-state index contributed by atoms with van der Waals surface area (Å²) < 4.78 is 6.08. The monoisotopic (exact) mass is 350 g/mol. The molecule has 22 heavy (non-hydrogen) atoms. The summed E-state index contributed by atoms with van der Waals surface area (Å²) in [5.74, 6) is 0.408. The molecule has 0 aliphatic heterocycles. The van der Waals surface area contributed by atoms with Crippen LogP contribution in [0.15, 0.2) is 40.8 Å². The Morgan fingerprint density at radius 1 is 1.41 bits per heavy atom. The summed E-state index contributed by atoms with van der Waals surface area (Å²) >= 11 is 9.14. The van der Waals surface area contributed by atoms with Crippen LogP contribution in [0.1, 0.15) is 14.5 Å². The van der Waals surface area contributed by atoms with Gasteiger partial charge in [-0.1, -0.05) is 17.7 Å². The van der Waals surface area contributed by atoms with E-state index < -0.39 is 0 Å². The van der Waals surface area contributed by atoms with Crippen molar-refractivity contribution in [3.8, 4) is 5.75 Å². The number of amides is 1. The highest BCUT2D eigenvalue weighted by Crippen LogP contribution is 2.37. The van der Waals surface area contributed by atoms with Crippen molar-refractivity contribution in [2.24, 2.45) is 5.10 Å². The first-order chi connectivity index (χ1) is 10.7. The van der Waals surface area contributed by atoms with Crippen LogP contribution in [0.5, 0.6) is 5.75 Å². The number of fused-ring (bicyclic) bond motifs is 1. The largest absolute Gasteiger partial charge is 0.497 e. The molecule has 0 unspecified atom stereocenters. The lowest BCUT2D eigenvalue weighted by molar-refractivity contribution is 0.0959. The van der Waals surface area contributed by atoms with E-state index in [4.69, 9.17) is 16.3 Å². The molecule has 112 valence electrons. The number of rotatable bonds is 4. The topological polar surface area (TPSA) is 50.7 Å². The molecule has 7 heteroatoms. The smallest absolute Gasteiger partial charge is 0.283 e. The molecule has 1 aromatic carbocycles. The molecule has 0 saturated carbocycles. The van der Waals surface area contributed by atoms with E-state index in [9.17, 15) is 4.79 Å². The van der Waals surface area contributed by atoms with Crippen molar-refractivity contribution < 1.29 is 9.53 Å². The Labute approximate surface area is 140 Å². The van der Waals surface area contributed by atoms with E-state index in [1.165, 1.54) is 11.3 Å². The highest BCUT2D eigenvalue weighted by molar-refractivity contribution is 7.21. The van der Waals surface area contributed by atoms with E-state index >= 15 is 0 Å². The summed E-state index contributed by atoms with van der Waals surface area (Å²) in [6.07, 6.45) is 1.60. The van der Waals surface area contributed by atoms with Crippen LogP contribution in [0.2, 0.25) is 5.02 Å². The zero-order valence-corrected chi connectivity index (χ0v) is 13.9. The quantitative estimate of drug-likeness (QED) is 0.560. The van der Waals surface area contributed by atoms with Crippen LogP contribution in [-0.2, 0) is 0 Å². The van der Waals surface area contributed by atoms with Crippen molar-refractivity contribution in [1.82, 2.24) is 5.43 Å². The average molecular weight is 351 g/mol. The Bertz CT molecular complexity index is 841. The van der Waals surface area contributed by atoms with E-state index in [1.54, 1.807) is 24.7 Å². The number of carbonyl (C=O) groups excluding carboxylic acids is 1. The van der Waals surface area contributed by atoms with E-state index in [0.29, 0.717) is 9.90 Å². The third kappa shape index (κ3) is 2.99. The van der Waals surface area contributed by atoms with Crippen LogP contribution in [0.3, 0.4) is 0 Å². The number of hydrogen-bond donors (Lipinski definition) is 1. The zero-order valence-electron chi connectivity index (χ0n) is 11.5. The summed E-state index contributed by atoms with van der Waals surface area (Å²) in [5, 5.41) is 7.16. The summed E-state index contributed by atoms with van der Waals surface area (Å²) in [4.78, 5) is 13.6. The number of nitrogens with one attached hydrogen (secondary N) is 1. The molecule has 1 amide bonds. The maximum atomic E-state index is 12.2. The van der Waals surface area contributed by atoms with Gasteiger partial charge in [-0.25, -0.2) is 5.43 Å². The SMILES string of the molecule is COc1ccc2c(Cl)c(C(=O)NN=Cc3cccs3)sc2c1. The number of ether oxygens (including phenoxy) is 1. The van der Waals surface area contributed by atoms with Gasteiger partial charge < -0.3 is 4.74 Å². The van der Waals surface area contributed by atoms with Gasteiger partial charge in [0, 0.05) is 15.0 Å². The molecule has 0 atom stereocenters. The first-order valence-electron chi connectivity index (χ1n) is 6.32. The number of nitrogens with zero attached hydrogens (tertiary/aromatic N) is 1. The van der Waals surface area contributed by atoms with E-state index in [2.05, 4.69) is 10.5 Å². The molecule has 3 aromatic rings. The van der Waals surface area contributed by atoms with Gasteiger partial charge >= 0.3 is 0 Å². The lowest BCUT2D eigenvalue weighted by atomic mass is 10.2. The third-order valence-electron chi connectivity index (χ3n) is 2.94. The molecule has 0 aliphatic rings. The maximum absolute atomic E-state index is 12.2. The Kier molecular flexibility index (Phi) is 4.42. The summed E-state index contributed by atoms with van der Waals surface area (Å²) in [5.41, 5.74) is 2.50. The number of carbonyl (C=O) groups is 1. The fourth-order valence-corrected chi connectivity index (χ4v) is 3.91. The summed E-state index contributed by atoms with van der Waals surface area (Å²) in [6, 6.07) is 9.36. The van der Waals surface area contributed by atoms with Crippen molar-refractivity contribution in [2.45, 2.75) is 0 Å². The Hall–Kier alpha value is -1.89. The third-order valence-corrected chi connectivity index (χ3v) is 5.41. The molecule has 2 aromatic heterocycles.